The second-order valence-electron chi connectivity index (χ2n) is 6.82. The highest BCUT2D eigenvalue weighted by atomic mass is 16.6. The highest BCUT2D eigenvalue weighted by Crippen LogP contribution is 2.09. The van der Waals surface area contributed by atoms with Crippen LogP contribution in [0, 0.1) is 0 Å². The van der Waals surface area contributed by atoms with Crippen LogP contribution in [0.3, 0.4) is 0 Å². The Balaban J connectivity index is 3.38. The van der Waals surface area contributed by atoms with Gasteiger partial charge in [-0.1, -0.05) is 26.2 Å². The van der Waals surface area contributed by atoms with Crippen molar-refractivity contribution in [3.05, 3.63) is 0 Å². The summed E-state index contributed by atoms with van der Waals surface area (Å²) in [6.07, 6.45) is 6.90. The molecule has 6 nitrogen and oxygen atoms in total. The lowest BCUT2D eigenvalue weighted by atomic mass is 10.1. The number of hydrogen-bond acceptors (Lipinski definition) is 6. The van der Waals surface area contributed by atoms with Crippen molar-refractivity contribution >= 4 is 5.97 Å². The van der Waals surface area contributed by atoms with E-state index in [0.717, 1.165) is 12.8 Å². The van der Waals surface area contributed by atoms with Crippen LogP contribution in [-0.4, -0.2) is 64.4 Å². The maximum atomic E-state index is 11.8. The average Bonchev–Trinajstić information content (AvgIpc) is 2.64. The minimum absolute atomic E-state index is 0.0147. The summed E-state index contributed by atoms with van der Waals surface area (Å²) in [6, 6.07) is 0. The lowest BCUT2D eigenvalue weighted by Gasteiger charge is -2.14. The van der Waals surface area contributed by atoms with Crippen molar-refractivity contribution in [2.75, 3.05) is 46.2 Å². The maximum Gasteiger partial charge on any atom is 0.306 e. The van der Waals surface area contributed by atoms with E-state index in [1.165, 1.54) is 19.3 Å². The number of carbonyl (C=O) groups excluding carboxylic acids is 1. The van der Waals surface area contributed by atoms with Crippen molar-refractivity contribution in [1.29, 1.82) is 0 Å². The fourth-order valence-electron chi connectivity index (χ4n) is 2.49. The fourth-order valence-corrected chi connectivity index (χ4v) is 2.49. The standard InChI is InChI=1S/C21H42O6/c1-5-7-8-9-11-19(3)27-21(22)12-10-13-24-16-17-26-20(4)18-25-15-14-23-6-2/h19-20H,5-18H2,1-4H3. The predicted octanol–water partition coefficient (Wildman–Crippen LogP) is 4.14. The fraction of sp³-hybridized carbons (Fsp3) is 0.952. The van der Waals surface area contributed by atoms with Crippen LogP contribution in [0.25, 0.3) is 0 Å². The lowest BCUT2D eigenvalue weighted by molar-refractivity contribution is -0.149. The molecule has 0 amide bonds. The topological polar surface area (TPSA) is 63.2 Å². The number of ether oxygens (including phenoxy) is 5. The van der Waals surface area contributed by atoms with Gasteiger partial charge in [0.25, 0.3) is 0 Å². The first kappa shape index (κ1) is 26.3. The van der Waals surface area contributed by atoms with Crippen LogP contribution in [0.4, 0.5) is 0 Å². The molecule has 0 rings (SSSR count). The predicted molar refractivity (Wildman–Crippen MR) is 107 cm³/mol. The van der Waals surface area contributed by atoms with Crippen LogP contribution < -0.4 is 0 Å². The summed E-state index contributed by atoms with van der Waals surface area (Å²) < 4.78 is 27.1. The summed E-state index contributed by atoms with van der Waals surface area (Å²) in [5.74, 6) is -0.129. The van der Waals surface area contributed by atoms with E-state index >= 15 is 0 Å². The zero-order valence-electron chi connectivity index (χ0n) is 18.0. The molecule has 0 heterocycles. The van der Waals surface area contributed by atoms with Crippen molar-refractivity contribution in [2.45, 2.75) is 84.8 Å². The van der Waals surface area contributed by atoms with Gasteiger partial charge in [-0.2, -0.15) is 0 Å². The van der Waals surface area contributed by atoms with Gasteiger partial charge in [-0.15, -0.1) is 0 Å². The molecular weight excluding hydrogens is 348 g/mol. The molecule has 2 unspecified atom stereocenters. The first-order valence-corrected chi connectivity index (χ1v) is 10.6. The van der Waals surface area contributed by atoms with Crippen molar-refractivity contribution in [1.82, 2.24) is 0 Å². The summed E-state index contributed by atoms with van der Waals surface area (Å²) in [4.78, 5) is 11.8. The third-order valence-corrected chi connectivity index (χ3v) is 4.03. The molecule has 0 aliphatic rings. The SMILES string of the molecule is CCCCCCC(C)OC(=O)CCCOCCOC(C)COCCOCC. The summed E-state index contributed by atoms with van der Waals surface area (Å²) in [6.45, 7) is 12.2. The first-order chi connectivity index (χ1) is 13.1. The van der Waals surface area contributed by atoms with Gasteiger partial charge < -0.3 is 23.7 Å². The third-order valence-electron chi connectivity index (χ3n) is 4.03. The molecule has 0 spiro atoms. The molecule has 6 heteroatoms. The molecule has 0 N–H and O–H groups in total. The largest absolute Gasteiger partial charge is 0.463 e. The Kier molecular flexibility index (Phi) is 19.5. The first-order valence-electron chi connectivity index (χ1n) is 10.6. The second kappa shape index (κ2) is 20.1. The molecule has 0 saturated carbocycles. The van der Waals surface area contributed by atoms with Crippen molar-refractivity contribution in [3.8, 4) is 0 Å². The number of esters is 1. The van der Waals surface area contributed by atoms with E-state index in [9.17, 15) is 4.79 Å². The van der Waals surface area contributed by atoms with E-state index in [1.54, 1.807) is 0 Å². The molecule has 0 aromatic heterocycles. The molecular formula is C21H42O6. The number of unbranched alkanes of at least 4 members (excludes halogenated alkanes) is 3. The van der Waals surface area contributed by atoms with Gasteiger partial charge in [-0.3, -0.25) is 4.79 Å². The van der Waals surface area contributed by atoms with Crippen LogP contribution in [0.5, 0.6) is 0 Å². The van der Waals surface area contributed by atoms with E-state index in [1.807, 2.05) is 20.8 Å². The summed E-state index contributed by atoms with van der Waals surface area (Å²) in [5.41, 5.74) is 0. The molecule has 0 aliphatic carbocycles. The van der Waals surface area contributed by atoms with E-state index in [2.05, 4.69) is 6.92 Å². The van der Waals surface area contributed by atoms with Crippen LogP contribution in [-0.2, 0) is 28.5 Å². The normalized spacial score (nSPS) is 13.5. The van der Waals surface area contributed by atoms with Crippen LogP contribution in [0.1, 0.15) is 72.6 Å². The minimum Gasteiger partial charge on any atom is -0.463 e. The van der Waals surface area contributed by atoms with Crippen LogP contribution in [0.2, 0.25) is 0 Å². The molecule has 0 saturated heterocycles. The summed E-state index contributed by atoms with van der Waals surface area (Å²) in [7, 11) is 0. The lowest BCUT2D eigenvalue weighted by Crippen LogP contribution is -2.20. The van der Waals surface area contributed by atoms with Crippen molar-refractivity contribution < 1.29 is 28.5 Å². The Bertz CT molecular complexity index is 324. The zero-order valence-corrected chi connectivity index (χ0v) is 18.0. The quantitative estimate of drug-likeness (QED) is 0.230. The van der Waals surface area contributed by atoms with Crippen molar-refractivity contribution in [2.24, 2.45) is 0 Å². The van der Waals surface area contributed by atoms with Crippen LogP contribution >= 0.6 is 0 Å². The molecule has 0 radical (unpaired) electrons. The van der Waals surface area contributed by atoms with E-state index in [0.29, 0.717) is 59.1 Å². The third kappa shape index (κ3) is 19.9. The average molecular weight is 391 g/mol. The van der Waals surface area contributed by atoms with Gasteiger partial charge in [0, 0.05) is 19.6 Å². The van der Waals surface area contributed by atoms with E-state index in [4.69, 9.17) is 23.7 Å². The number of hydrogen-bond donors (Lipinski definition) is 0. The molecule has 0 aromatic carbocycles. The minimum atomic E-state index is -0.129. The Morgan fingerprint density at radius 2 is 1.52 bits per heavy atom. The molecule has 0 aromatic rings. The van der Waals surface area contributed by atoms with Gasteiger partial charge in [0.05, 0.1) is 45.2 Å². The van der Waals surface area contributed by atoms with Gasteiger partial charge in [0.2, 0.25) is 0 Å². The van der Waals surface area contributed by atoms with E-state index in [-0.39, 0.29) is 18.2 Å². The smallest absolute Gasteiger partial charge is 0.306 e. The van der Waals surface area contributed by atoms with Gasteiger partial charge in [0.15, 0.2) is 0 Å². The highest BCUT2D eigenvalue weighted by Gasteiger charge is 2.09. The van der Waals surface area contributed by atoms with Gasteiger partial charge >= 0.3 is 5.97 Å². The molecule has 162 valence electrons. The van der Waals surface area contributed by atoms with Gasteiger partial charge in [-0.05, 0) is 40.0 Å². The summed E-state index contributed by atoms with van der Waals surface area (Å²) in [5, 5.41) is 0. The van der Waals surface area contributed by atoms with Crippen molar-refractivity contribution in [3.63, 3.8) is 0 Å². The Morgan fingerprint density at radius 3 is 2.26 bits per heavy atom. The Labute approximate surface area is 166 Å². The molecule has 2 atom stereocenters. The number of carbonyl (C=O) groups is 1. The van der Waals surface area contributed by atoms with Gasteiger partial charge in [-0.25, -0.2) is 0 Å². The maximum absolute atomic E-state index is 11.8. The van der Waals surface area contributed by atoms with Crippen LogP contribution in [0.15, 0.2) is 0 Å². The Hall–Kier alpha value is -0.690. The number of rotatable bonds is 20. The molecule has 0 aliphatic heterocycles. The molecule has 27 heavy (non-hydrogen) atoms. The highest BCUT2D eigenvalue weighted by molar-refractivity contribution is 5.69. The monoisotopic (exact) mass is 390 g/mol. The Morgan fingerprint density at radius 1 is 0.778 bits per heavy atom. The molecule has 0 bridgehead atoms. The summed E-state index contributed by atoms with van der Waals surface area (Å²) >= 11 is 0. The zero-order chi connectivity index (χ0) is 20.2. The van der Waals surface area contributed by atoms with Gasteiger partial charge in [0.1, 0.15) is 0 Å². The second-order valence-corrected chi connectivity index (χ2v) is 6.82. The van der Waals surface area contributed by atoms with E-state index < -0.39 is 0 Å². The molecule has 0 fully saturated rings.